The van der Waals surface area contributed by atoms with Gasteiger partial charge in [-0.3, -0.25) is 9.59 Å². The van der Waals surface area contributed by atoms with Gasteiger partial charge in [-0.2, -0.15) is 0 Å². The molecule has 0 saturated carbocycles. The van der Waals surface area contributed by atoms with Crippen LogP contribution < -0.4 is 0 Å². The fourth-order valence-corrected chi connectivity index (χ4v) is 6.49. The van der Waals surface area contributed by atoms with Crippen LogP contribution in [-0.2, 0) is 25.8 Å². The van der Waals surface area contributed by atoms with Gasteiger partial charge in [0.05, 0.1) is 11.0 Å². The van der Waals surface area contributed by atoms with E-state index in [4.69, 9.17) is 19.8 Å². The average Bonchev–Trinajstić information content (AvgIpc) is 3.14. The Labute approximate surface area is 179 Å². The van der Waals surface area contributed by atoms with Crippen LogP contribution in [0.1, 0.15) is 25.8 Å². The Kier molecular flexibility index (Phi) is 10.4. The predicted octanol–water partition coefficient (Wildman–Crippen LogP) is 1.46. The molecule has 30 heavy (non-hydrogen) atoms. The maximum absolute atomic E-state index is 12.3. The zero-order valence-corrected chi connectivity index (χ0v) is 19.0. The van der Waals surface area contributed by atoms with E-state index in [-0.39, 0.29) is 17.2 Å². The summed E-state index contributed by atoms with van der Waals surface area (Å²) in [6.07, 6.45) is 2.16. The second kappa shape index (κ2) is 12.0. The zero-order chi connectivity index (χ0) is 22.9. The number of fused-ring (bicyclic) bond motifs is 1. The van der Waals surface area contributed by atoms with E-state index >= 15 is 0 Å². The first-order valence-corrected chi connectivity index (χ1v) is 11.7. The number of benzene rings is 1. The van der Waals surface area contributed by atoms with E-state index in [1.165, 1.54) is 5.56 Å². The molecule has 0 unspecified atom stereocenters. The molecule has 2 aliphatic heterocycles. The fourth-order valence-electron chi connectivity index (χ4n) is 3.98. The van der Waals surface area contributed by atoms with Crippen LogP contribution in [0, 0.1) is 5.92 Å². The number of hydrogen-bond acceptors (Lipinski definition) is 6. The van der Waals surface area contributed by atoms with Crippen molar-refractivity contribution in [1.29, 1.82) is 0 Å². The lowest BCUT2D eigenvalue weighted by Gasteiger charge is -2.25. The molecule has 0 spiro atoms. The zero-order valence-electron chi connectivity index (χ0n) is 18.2. The molecule has 9 heteroatoms. The molecule has 1 aromatic rings. The molecule has 2 saturated heterocycles. The lowest BCUT2D eigenvalue weighted by molar-refractivity contribution is -0.135. The molecule has 0 radical (unpaired) electrons. The predicted molar refractivity (Wildman–Crippen MR) is 116 cm³/mol. The first-order valence-electron chi connectivity index (χ1n) is 9.97. The highest BCUT2D eigenvalue weighted by Crippen LogP contribution is 2.35. The lowest BCUT2D eigenvalue weighted by atomic mass is 10.00. The highest BCUT2D eigenvalue weighted by atomic mass is 32.2. The Morgan fingerprint density at radius 1 is 1.07 bits per heavy atom. The summed E-state index contributed by atoms with van der Waals surface area (Å²) < 4.78 is 24.7. The van der Waals surface area contributed by atoms with E-state index in [0.29, 0.717) is 5.75 Å². The van der Waals surface area contributed by atoms with Gasteiger partial charge in [0.1, 0.15) is 0 Å². The molecule has 0 amide bonds. The highest BCUT2D eigenvalue weighted by Gasteiger charge is 2.52. The first kappa shape index (κ1) is 26.1. The van der Waals surface area contributed by atoms with Crippen molar-refractivity contribution in [2.45, 2.75) is 38.0 Å². The van der Waals surface area contributed by atoms with Crippen molar-refractivity contribution in [3.63, 3.8) is 0 Å². The molecular formula is C21H34N2O6S. The third kappa shape index (κ3) is 8.81. The van der Waals surface area contributed by atoms with Crippen LogP contribution in [0.25, 0.3) is 0 Å². The minimum Gasteiger partial charge on any atom is -0.481 e. The van der Waals surface area contributed by atoms with Crippen molar-refractivity contribution in [1.82, 2.24) is 9.80 Å². The van der Waals surface area contributed by atoms with Crippen LogP contribution >= 0.6 is 0 Å². The summed E-state index contributed by atoms with van der Waals surface area (Å²) >= 11 is 0. The highest BCUT2D eigenvalue weighted by molar-refractivity contribution is 7.92. The standard InChI is InChI=1S/C17H26N2O2S.2C2H4O2/c1-18(2)16-13-22(20,21)17-12-19(11-15(16)17)10-6-9-14-7-4-3-5-8-14;2*1-2(3)4/h3-5,7-8,15-17H,6,9-13H2,1-2H3;2*1H3,(H,3,4)/t15-,16-,17-;;/m0../s1. The molecular weight excluding hydrogens is 408 g/mol. The SMILES string of the molecule is CC(=O)O.CC(=O)O.CN(C)[C@H]1CS(=O)(=O)[C@H]2CN(CCCc3ccccc3)C[C@@H]12. The smallest absolute Gasteiger partial charge is 0.300 e. The monoisotopic (exact) mass is 442 g/mol. The second-order valence-corrected chi connectivity index (χ2v) is 10.2. The Hall–Kier alpha value is -1.97. The van der Waals surface area contributed by atoms with Crippen molar-refractivity contribution in [3.05, 3.63) is 35.9 Å². The van der Waals surface area contributed by atoms with Gasteiger partial charge in [-0.1, -0.05) is 30.3 Å². The van der Waals surface area contributed by atoms with Gasteiger partial charge in [-0.15, -0.1) is 0 Å². The van der Waals surface area contributed by atoms with Gasteiger partial charge in [0.2, 0.25) is 0 Å². The van der Waals surface area contributed by atoms with Crippen LogP contribution in [0.15, 0.2) is 30.3 Å². The summed E-state index contributed by atoms with van der Waals surface area (Å²) in [5.74, 6) is -1.04. The van der Waals surface area contributed by atoms with Gasteiger partial charge in [0.25, 0.3) is 11.9 Å². The first-order chi connectivity index (χ1) is 13.9. The van der Waals surface area contributed by atoms with Crippen LogP contribution in [0.4, 0.5) is 0 Å². The molecule has 2 heterocycles. The number of sulfone groups is 1. The molecule has 3 rings (SSSR count). The molecule has 0 aromatic heterocycles. The minimum atomic E-state index is -2.91. The third-order valence-corrected chi connectivity index (χ3v) is 7.42. The Morgan fingerprint density at radius 2 is 1.60 bits per heavy atom. The van der Waals surface area contributed by atoms with Crippen LogP contribution in [0.2, 0.25) is 0 Å². The van der Waals surface area contributed by atoms with Crippen molar-refractivity contribution in [2.75, 3.05) is 39.5 Å². The minimum absolute atomic E-state index is 0.142. The number of carboxylic acids is 2. The molecule has 1 aromatic carbocycles. The van der Waals surface area contributed by atoms with Gasteiger partial charge < -0.3 is 20.0 Å². The summed E-state index contributed by atoms with van der Waals surface area (Å²) in [6, 6.07) is 10.7. The van der Waals surface area contributed by atoms with Crippen LogP contribution in [-0.4, -0.2) is 91.1 Å². The normalized spacial score (nSPS) is 24.2. The van der Waals surface area contributed by atoms with E-state index in [0.717, 1.165) is 46.3 Å². The van der Waals surface area contributed by atoms with Crippen molar-refractivity contribution >= 4 is 21.8 Å². The van der Waals surface area contributed by atoms with Gasteiger partial charge in [0, 0.05) is 38.9 Å². The number of likely N-dealkylation sites (tertiary alicyclic amines) is 1. The Morgan fingerprint density at radius 3 is 2.10 bits per heavy atom. The number of hydrogen-bond donors (Lipinski definition) is 2. The summed E-state index contributed by atoms with van der Waals surface area (Å²) in [5, 5.41) is 14.7. The van der Waals surface area contributed by atoms with Crippen molar-refractivity contribution < 1.29 is 28.2 Å². The number of rotatable bonds is 5. The van der Waals surface area contributed by atoms with Crippen molar-refractivity contribution in [2.24, 2.45) is 5.92 Å². The Balaban J connectivity index is 0.000000485. The number of aliphatic carboxylic acids is 2. The largest absolute Gasteiger partial charge is 0.481 e. The van der Waals surface area contributed by atoms with E-state index in [1.807, 2.05) is 20.2 Å². The summed E-state index contributed by atoms with van der Waals surface area (Å²) in [5.41, 5.74) is 1.36. The van der Waals surface area contributed by atoms with Crippen LogP contribution in [0.5, 0.6) is 0 Å². The summed E-state index contributed by atoms with van der Waals surface area (Å²) in [7, 11) is 1.09. The maximum atomic E-state index is 12.3. The van der Waals surface area contributed by atoms with E-state index < -0.39 is 21.8 Å². The van der Waals surface area contributed by atoms with E-state index in [1.54, 1.807) is 0 Å². The average molecular weight is 443 g/mol. The molecule has 2 fully saturated rings. The third-order valence-electron chi connectivity index (χ3n) is 5.19. The summed E-state index contributed by atoms with van der Waals surface area (Å²) in [6.45, 7) is 4.82. The van der Waals surface area contributed by atoms with Crippen molar-refractivity contribution in [3.8, 4) is 0 Å². The maximum Gasteiger partial charge on any atom is 0.300 e. The Bertz CT molecular complexity index is 762. The molecule has 0 bridgehead atoms. The quantitative estimate of drug-likeness (QED) is 0.704. The fraction of sp³-hybridized carbons (Fsp3) is 0.619. The van der Waals surface area contributed by atoms with Gasteiger partial charge in [-0.05, 0) is 39.0 Å². The molecule has 170 valence electrons. The van der Waals surface area contributed by atoms with Crippen LogP contribution in [0.3, 0.4) is 0 Å². The second-order valence-electron chi connectivity index (χ2n) is 7.95. The van der Waals surface area contributed by atoms with Gasteiger partial charge in [0.15, 0.2) is 9.84 Å². The molecule has 2 aliphatic rings. The van der Waals surface area contributed by atoms with E-state index in [9.17, 15) is 8.42 Å². The molecule has 2 N–H and O–H groups in total. The number of aryl methyl sites for hydroxylation is 1. The van der Waals surface area contributed by atoms with E-state index in [2.05, 4.69) is 34.1 Å². The van der Waals surface area contributed by atoms with Gasteiger partial charge in [-0.25, -0.2) is 8.42 Å². The molecule has 8 nitrogen and oxygen atoms in total. The lowest BCUT2D eigenvalue weighted by Crippen LogP contribution is -2.37. The van der Waals surface area contributed by atoms with Gasteiger partial charge >= 0.3 is 0 Å². The topological polar surface area (TPSA) is 115 Å². The summed E-state index contributed by atoms with van der Waals surface area (Å²) in [4.78, 5) is 22.4. The molecule has 3 atom stereocenters. The number of carboxylic acid groups (broad SMARTS) is 2. The number of carbonyl (C=O) groups is 2. The molecule has 0 aliphatic carbocycles. The number of nitrogens with zero attached hydrogens (tertiary/aromatic N) is 2.